The van der Waals surface area contributed by atoms with Crippen molar-refractivity contribution < 1.29 is 9.84 Å². The van der Waals surface area contributed by atoms with Gasteiger partial charge in [-0.05, 0) is 18.6 Å². The molecule has 4 aromatic rings. The summed E-state index contributed by atoms with van der Waals surface area (Å²) in [4.78, 5) is 35.3. The lowest BCUT2D eigenvalue weighted by molar-refractivity contribution is 0.0938. The minimum atomic E-state index is -0.907. The SMILES string of the molecule is Cn1c(=O)[nH]c(=O)c2c1nc(NCCCn1ccnc1)n2C[C@@H](O)COc1ccccc1. The van der Waals surface area contributed by atoms with Gasteiger partial charge >= 0.3 is 5.69 Å². The second-order valence-electron chi connectivity index (χ2n) is 7.40. The number of aromatic nitrogens is 6. The number of imidazole rings is 2. The predicted molar refractivity (Wildman–Crippen MR) is 119 cm³/mol. The zero-order chi connectivity index (χ0) is 22.5. The Hall–Kier alpha value is -3.86. The lowest BCUT2D eigenvalue weighted by atomic mass is 10.3. The fourth-order valence-corrected chi connectivity index (χ4v) is 3.40. The van der Waals surface area contributed by atoms with E-state index in [0.29, 0.717) is 18.2 Å². The number of H-pyrrole nitrogens is 1. The topological polar surface area (TPSA) is 132 Å². The maximum Gasteiger partial charge on any atom is 0.329 e. The van der Waals surface area contributed by atoms with Crippen molar-refractivity contribution in [2.75, 3.05) is 18.5 Å². The summed E-state index contributed by atoms with van der Waals surface area (Å²) < 4.78 is 10.5. The molecule has 0 aliphatic heterocycles. The summed E-state index contributed by atoms with van der Waals surface area (Å²) >= 11 is 0. The van der Waals surface area contributed by atoms with E-state index in [9.17, 15) is 14.7 Å². The fourth-order valence-electron chi connectivity index (χ4n) is 3.40. The monoisotopic (exact) mass is 439 g/mol. The van der Waals surface area contributed by atoms with Crippen LogP contribution in [-0.4, -0.2) is 53.0 Å². The molecule has 0 amide bonds. The van der Waals surface area contributed by atoms with E-state index >= 15 is 0 Å². The molecule has 0 radical (unpaired) electrons. The Morgan fingerprint density at radius 3 is 2.81 bits per heavy atom. The van der Waals surface area contributed by atoms with Gasteiger partial charge in [0.05, 0.1) is 12.9 Å². The van der Waals surface area contributed by atoms with Gasteiger partial charge in [0.15, 0.2) is 11.2 Å². The number of hydrogen-bond acceptors (Lipinski definition) is 7. The Balaban J connectivity index is 1.53. The first kappa shape index (κ1) is 21.4. The number of aliphatic hydroxyl groups excluding tert-OH is 1. The minimum absolute atomic E-state index is 0.0351. The first-order valence-corrected chi connectivity index (χ1v) is 10.3. The third kappa shape index (κ3) is 4.72. The number of ether oxygens (including phenoxy) is 1. The van der Waals surface area contributed by atoms with E-state index in [4.69, 9.17) is 4.74 Å². The van der Waals surface area contributed by atoms with Gasteiger partial charge in [-0.25, -0.2) is 9.78 Å². The predicted octanol–water partition coefficient (Wildman–Crippen LogP) is 0.562. The Bertz CT molecular complexity index is 1280. The highest BCUT2D eigenvalue weighted by Gasteiger charge is 2.19. The van der Waals surface area contributed by atoms with Crippen molar-refractivity contribution in [3.05, 3.63) is 69.9 Å². The number of hydrogen-bond donors (Lipinski definition) is 3. The van der Waals surface area contributed by atoms with Gasteiger partial charge in [0.2, 0.25) is 5.95 Å². The fraction of sp³-hybridized carbons (Fsp3) is 0.333. The van der Waals surface area contributed by atoms with Crippen LogP contribution in [0.5, 0.6) is 5.75 Å². The van der Waals surface area contributed by atoms with Gasteiger partial charge in [0, 0.05) is 32.5 Å². The molecule has 11 heteroatoms. The number of rotatable bonds is 10. The van der Waals surface area contributed by atoms with E-state index in [1.165, 1.54) is 11.6 Å². The van der Waals surface area contributed by atoms with Gasteiger partial charge in [0.25, 0.3) is 5.56 Å². The van der Waals surface area contributed by atoms with Gasteiger partial charge in [-0.15, -0.1) is 0 Å². The Morgan fingerprint density at radius 2 is 2.06 bits per heavy atom. The average molecular weight is 439 g/mol. The zero-order valence-electron chi connectivity index (χ0n) is 17.6. The van der Waals surface area contributed by atoms with Crippen LogP contribution >= 0.6 is 0 Å². The number of aromatic amines is 1. The molecule has 11 nitrogen and oxygen atoms in total. The molecule has 0 aliphatic carbocycles. The van der Waals surface area contributed by atoms with Crippen molar-refractivity contribution in [1.29, 1.82) is 0 Å². The van der Waals surface area contributed by atoms with E-state index < -0.39 is 17.4 Å². The first-order chi connectivity index (χ1) is 15.5. The van der Waals surface area contributed by atoms with E-state index in [2.05, 4.69) is 20.3 Å². The molecule has 0 saturated heterocycles. The Kier molecular flexibility index (Phi) is 6.36. The van der Waals surface area contributed by atoms with E-state index in [1.807, 2.05) is 29.0 Å². The molecule has 0 aliphatic rings. The number of para-hydroxylation sites is 1. The molecular formula is C21H25N7O4. The number of aliphatic hydroxyl groups is 1. The molecule has 3 N–H and O–H groups in total. The standard InChI is InChI=1S/C21H25N7O4/c1-26-18-17(19(30)25-21(26)31)28(12-15(29)13-32-16-6-3-2-4-7-16)20(24-18)23-8-5-10-27-11-9-22-14-27/h2-4,6-7,9,11,14-15,29H,5,8,10,12-13H2,1H3,(H,23,24)(H,25,30,31)/t15-/m1/s1. The van der Waals surface area contributed by atoms with Crippen LogP contribution in [0.4, 0.5) is 5.95 Å². The third-order valence-electron chi connectivity index (χ3n) is 5.02. The summed E-state index contributed by atoms with van der Waals surface area (Å²) in [5.41, 5.74) is -0.653. The molecule has 0 unspecified atom stereocenters. The van der Waals surface area contributed by atoms with Gasteiger partial charge < -0.3 is 24.3 Å². The summed E-state index contributed by atoms with van der Waals surface area (Å²) in [6, 6.07) is 9.16. The van der Waals surface area contributed by atoms with Crippen molar-refractivity contribution in [2.45, 2.75) is 25.6 Å². The van der Waals surface area contributed by atoms with Gasteiger partial charge in [-0.2, -0.15) is 4.98 Å². The lowest BCUT2D eigenvalue weighted by Gasteiger charge is -2.16. The molecule has 1 atom stereocenters. The number of nitrogens with one attached hydrogen (secondary N) is 2. The summed E-state index contributed by atoms with van der Waals surface area (Å²) in [5, 5.41) is 13.8. The minimum Gasteiger partial charge on any atom is -0.491 e. The highest BCUT2D eigenvalue weighted by atomic mass is 16.5. The Morgan fingerprint density at radius 1 is 1.25 bits per heavy atom. The lowest BCUT2D eigenvalue weighted by Crippen LogP contribution is -2.31. The van der Waals surface area contributed by atoms with Gasteiger partial charge in [-0.3, -0.25) is 14.3 Å². The largest absolute Gasteiger partial charge is 0.491 e. The van der Waals surface area contributed by atoms with Crippen LogP contribution in [0.3, 0.4) is 0 Å². The Labute approximate surface area is 182 Å². The van der Waals surface area contributed by atoms with Crippen LogP contribution in [0.1, 0.15) is 6.42 Å². The number of benzene rings is 1. The van der Waals surface area contributed by atoms with Crippen molar-refractivity contribution >= 4 is 17.1 Å². The molecule has 32 heavy (non-hydrogen) atoms. The van der Waals surface area contributed by atoms with Crippen LogP contribution in [0.2, 0.25) is 0 Å². The molecule has 0 saturated carbocycles. The van der Waals surface area contributed by atoms with Crippen LogP contribution in [0.15, 0.2) is 58.6 Å². The van der Waals surface area contributed by atoms with Crippen LogP contribution in [0.25, 0.3) is 11.2 Å². The van der Waals surface area contributed by atoms with Gasteiger partial charge in [0.1, 0.15) is 18.5 Å². The number of fused-ring (bicyclic) bond motifs is 1. The highest BCUT2D eigenvalue weighted by molar-refractivity contribution is 5.74. The smallest absolute Gasteiger partial charge is 0.329 e. The van der Waals surface area contributed by atoms with Crippen LogP contribution < -0.4 is 21.3 Å². The maximum atomic E-state index is 12.6. The third-order valence-corrected chi connectivity index (χ3v) is 5.02. The molecular weight excluding hydrogens is 414 g/mol. The van der Waals surface area contributed by atoms with Gasteiger partial charge in [-0.1, -0.05) is 18.2 Å². The summed E-state index contributed by atoms with van der Waals surface area (Å²) in [7, 11) is 1.54. The maximum absolute atomic E-state index is 12.6. The van der Waals surface area contributed by atoms with Crippen LogP contribution in [0, 0.1) is 0 Å². The van der Waals surface area contributed by atoms with Crippen molar-refractivity contribution in [2.24, 2.45) is 7.05 Å². The molecule has 0 fully saturated rings. The number of aryl methyl sites for hydroxylation is 2. The zero-order valence-corrected chi connectivity index (χ0v) is 17.6. The summed E-state index contributed by atoms with van der Waals surface area (Å²) in [6.07, 6.45) is 5.23. The molecule has 3 aromatic heterocycles. The average Bonchev–Trinajstić information content (AvgIpc) is 3.43. The van der Waals surface area contributed by atoms with E-state index in [-0.39, 0.29) is 24.3 Å². The van der Waals surface area contributed by atoms with Crippen molar-refractivity contribution in [1.82, 2.24) is 28.7 Å². The van der Waals surface area contributed by atoms with E-state index in [1.54, 1.807) is 29.2 Å². The number of anilines is 1. The van der Waals surface area contributed by atoms with Crippen molar-refractivity contribution in [3.8, 4) is 5.75 Å². The molecule has 3 heterocycles. The first-order valence-electron chi connectivity index (χ1n) is 10.3. The molecule has 168 valence electrons. The van der Waals surface area contributed by atoms with E-state index in [0.717, 1.165) is 13.0 Å². The second kappa shape index (κ2) is 9.52. The quantitative estimate of drug-likeness (QED) is 0.308. The second-order valence-corrected chi connectivity index (χ2v) is 7.40. The molecule has 0 bridgehead atoms. The molecule has 0 spiro atoms. The van der Waals surface area contributed by atoms with Crippen LogP contribution in [-0.2, 0) is 20.1 Å². The molecule has 1 aromatic carbocycles. The highest BCUT2D eigenvalue weighted by Crippen LogP contribution is 2.17. The van der Waals surface area contributed by atoms with Crippen molar-refractivity contribution in [3.63, 3.8) is 0 Å². The normalized spacial score (nSPS) is 12.2. The molecule has 4 rings (SSSR count). The summed E-state index contributed by atoms with van der Waals surface area (Å²) in [5.74, 6) is 1.04. The number of nitrogens with zero attached hydrogens (tertiary/aromatic N) is 5. The summed E-state index contributed by atoms with van der Waals surface area (Å²) in [6.45, 7) is 1.44.